The van der Waals surface area contributed by atoms with Gasteiger partial charge in [-0.1, -0.05) is 13.8 Å². The van der Waals surface area contributed by atoms with E-state index in [0.717, 1.165) is 38.3 Å². The van der Waals surface area contributed by atoms with Crippen molar-refractivity contribution in [3.63, 3.8) is 0 Å². The van der Waals surface area contributed by atoms with Gasteiger partial charge in [0, 0.05) is 25.0 Å². The van der Waals surface area contributed by atoms with Crippen LogP contribution in [0, 0.1) is 17.8 Å². The predicted molar refractivity (Wildman–Crippen MR) is 69.5 cm³/mol. The standard InChI is InChI=1S/C14H26N2O/c1-10-3-5-12(6-4-10)14(17)16-8-7-13(15)11(2)9-16/h10-13H,3-9,15H2,1-2H3/t10?,11-,12?,13+/m0/s1. The van der Waals surface area contributed by atoms with Crippen LogP contribution in [0.25, 0.3) is 0 Å². The van der Waals surface area contributed by atoms with Gasteiger partial charge < -0.3 is 10.6 Å². The van der Waals surface area contributed by atoms with Gasteiger partial charge in [-0.15, -0.1) is 0 Å². The zero-order valence-electron chi connectivity index (χ0n) is 11.2. The molecule has 0 radical (unpaired) electrons. The van der Waals surface area contributed by atoms with Gasteiger partial charge >= 0.3 is 0 Å². The van der Waals surface area contributed by atoms with Gasteiger partial charge in [-0.3, -0.25) is 4.79 Å². The average Bonchev–Trinajstić information content (AvgIpc) is 2.33. The smallest absolute Gasteiger partial charge is 0.225 e. The molecular weight excluding hydrogens is 212 g/mol. The fourth-order valence-electron chi connectivity index (χ4n) is 3.13. The molecule has 3 nitrogen and oxygen atoms in total. The molecule has 0 spiro atoms. The lowest BCUT2D eigenvalue weighted by atomic mass is 9.82. The average molecular weight is 238 g/mol. The molecule has 0 aromatic heterocycles. The molecule has 1 aliphatic carbocycles. The van der Waals surface area contributed by atoms with E-state index in [4.69, 9.17) is 5.73 Å². The maximum absolute atomic E-state index is 12.4. The third kappa shape index (κ3) is 3.01. The molecule has 98 valence electrons. The number of carbonyl (C=O) groups excluding carboxylic acids is 1. The zero-order valence-corrected chi connectivity index (χ0v) is 11.2. The Labute approximate surface area is 105 Å². The van der Waals surface area contributed by atoms with Gasteiger partial charge in [-0.05, 0) is 43.9 Å². The monoisotopic (exact) mass is 238 g/mol. The fourth-order valence-corrected chi connectivity index (χ4v) is 3.13. The molecular formula is C14H26N2O. The second-order valence-corrected chi connectivity index (χ2v) is 6.17. The molecule has 2 fully saturated rings. The van der Waals surface area contributed by atoms with E-state index in [-0.39, 0.29) is 6.04 Å². The summed E-state index contributed by atoms with van der Waals surface area (Å²) in [5.74, 6) is 1.96. The van der Waals surface area contributed by atoms with Gasteiger partial charge in [0.2, 0.25) is 5.91 Å². The van der Waals surface area contributed by atoms with Gasteiger partial charge in [-0.25, -0.2) is 0 Å². The maximum Gasteiger partial charge on any atom is 0.225 e. The Balaban J connectivity index is 1.87. The topological polar surface area (TPSA) is 46.3 Å². The van der Waals surface area contributed by atoms with Gasteiger partial charge in [-0.2, -0.15) is 0 Å². The highest BCUT2D eigenvalue weighted by molar-refractivity contribution is 5.79. The third-order valence-corrected chi connectivity index (χ3v) is 4.65. The summed E-state index contributed by atoms with van der Waals surface area (Å²) in [6.45, 7) is 6.19. The van der Waals surface area contributed by atoms with Crippen molar-refractivity contribution in [2.45, 2.75) is 52.0 Å². The summed E-state index contributed by atoms with van der Waals surface area (Å²) in [4.78, 5) is 14.5. The van der Waals surface area contributed by atoms with E-state index in [1.165, 1.54) is 12.8 Å². The van der Waals surface area contributed by atoms with Crippen molar-refractivity contribution < 1.29 is 4.79 Å². The van der Waals surface area contributed by atoms with Crippen LogP contribution in [-0.4, -0.2) is 29.9 Å². The summed E-state index contributed by atoms with van der Waals surface area (Å²) in [6, 6.07) is 0.283. The van der Waals surface area contributed by atoms with Gasteiger partial charge in [0.1, 0.15) is 0 Å². The Bertz CT molecular complexity index is 271. The van der Waals surface area contributed by atoms with Crippen LogP contribution in [0.15, 0.2) is 0 Å². The van der Waals surface area contributed by atoms with Crippen molar-refractivity contribution in [2.75, 3.05) is 13.1 Å². The number of nitrogens with zero attached hydrogens (tertiary/aromatic N) is 1. The summed E-state index contributed by atoms with van der Waals surface area (Å²) in [5.41, 5.74) is 6.00. The van der Waals surface area contributed by atoms with Crippen molar-refractivity contribution in [3.05, 3.63) is 0 Å². The molecule has 1 heterocycles. The number of hydrogen-bond acceptors (Lipinski definition) is 2. The van der Waals surface area contributed by atoms with Gasteiger partial charge in [0.15, 0.2) is 0 Å². The second-order valence-electron chi connectivity index (χ2n) is 6.17. The van der Waals surface area contributed by atoms with Crippen LogP contribution in [0.1, 0.15) is 46.0 Å². The van der Waals surface area contributed by atoms with Crippen LogP contribution < -0.4 is 5.73 Å². The normalized spacial score (nSPS) is 39.1. The lowest BCUT2D eigenvalue weighted by Gasteiger charge is -2.38. The molecule has 2 aliphatic rings. The van der Waals surface area contributed by atoms with Crippen molar-refractivity contribution in [3.8, 4) is 0 Å². The minimum Gasteiger partial charge on any atom is -0.342 e. The van der Waals surface area contributed by atoms with Crippen LogP contribution in [-0.2, 0) is 4.79 Å². The van der Waals surface area contributed by atoms with E-state index in [2.05, 4.69) is 18.7 Å². The Kier molecular flexibility index (Phi) is 4.08. The highest BCUT2D eigenvalue weighted by Crippen LogP contribution is 2.30. The van der Waals surface area contributed by atoms with E-state index in [1.807, 2.05) is 0 Å². The van der Waals surface area contributed by atoms with Crippen LogP contribution in [0.5, 0.6) is 0 Å². The highest BCUT2D eigenvalue weighted by atomic mass is 16.2. The van der Waals surface area contributed by atoms with Crippen LogP contribution in [0.3, 0.4) is 0 Å². The fraction of sp³-hybridized carbons (Fsp3) is 0.929. The summed E-state index contributed by atoms with van der Waals surface area (Å²) in [7, 11) is 0. The number of nitrogens with two attached hydrogens (primary N) is 1. The van der Waals surface area contributed by atoms with Crippen molar-refractivity contribution in [1.82, 2.24) is 4.90 Å². The summed E-state index contributed by atoms with van der Waals surface area (Å²) >= 11 is 0. The number of likely N-dealkylation sites (tertiary alicyclic amines) is 1. The first-order chi connectivity index (χ1) is 8.08. The molecule has 2 rings (SSSR count). The van der Waals surface area contributed by atoms with Crippen molar-refractivity contribution in [1.29, 1.82) is 0 Å². The quantitative estimate of drug-likeness (QED) is 0.759. The molecule has 1 aliphatic heterocycles. The molecule has 1 saturated carbocycles. The molecule has 17 heavy (non-hydrogen) atoms. The highest BCUT2D eigenvalue weighted by Gasteiger charge is 2.32. The largest absolute Gasteiger partial charge is 0.342 e. The Morgan fingerprint density at radius 3 is 2.35 bits per heavy atom. The molecule has 2 atom stereocenters. The minimum atomic E-state index is 0.283. The SMILES string of the molecule is CC1CCC(C(=O)N2CC[C@@H](N)[C@@H](C)C2)CC1. The van der Waals surface area contributed by atoms with E-state index < -0.39 is 0 Å². The maximum atomic E-state index is 12.4. The molecule has 0 unspecified atom stereocenters. The predicted octanol–water partition coefficient (Wildman–Crippen LogP) is 2.01. The Morgan fingerprint density at radius 1 is 1.12 bits per heavy atom. The van der Waals surface area contributed by atoms with E-state index in [9.17, 15) is 4.79 Å². The Hall–Kier alpha value is -0.570. The number of rotatable bonds is 1. The van der Waals surface area contributed by atoms with Crippen LogP contribution in [0.2, 0.25) is 0 Å². The lowest BCUT2D eigenvalue weighted by Crippen LogP contribution is -2.50. The van der Waals surface area contributed by atoms with E-state index in [1.54, 1.807) is 0 Å². The third-order valence-electron chi connectivity index (χ3n) is 4.65. The van der Waals surface area contributed by atoms with Crippen molar-refractivity contribution >= 4 is 5.91 Å². The zero-order chi connectivity index (χ0) is 12.4. The number of piperidine rings is 1. The number of hydrogen-bond donors (Lipinski definition) is 1. The van der Waals surface area contributed by atoms with Crippen molar-refractivity contribution in [2.24, 2.45) is 23.5 Å². The first kappa shape index (κ1) is 12.9. The summed E-state index contributed by atoms with van der Waals surface area (Å²) in [6.07, 6.45) is 5.60. The van der Waals surface area contributed by atoms with Gasteiger partial charge in [0.25, 0.3) is 0 Å². The van der Waals surface area contributed by atoms with Crippen LogP contribution in [0.4, 0.5) is 0 Å². The summed E-state index contributed by atoms with van der Waals surface area (Å²) < 4.78 is 0. The van der Waals surface area contributed by atoms with Gasteiger partial charge in [0.05, 0.1) is 0 Å². The first-order valence-electron chi connectivity index (χ1n) is 7.12. The molecule has 3 heteroatoms. The van der Waals surface area contributed by atoms with Crippen LogP contribution >= 0.6 is 0 Å². The number of amides is 1. The molecule has 0 aromatic carbocycles. The molecule has 1 saturated heterocycles. The second kappa shape index (κ2) is 5.38. The number of carbonyl (C=O) groups is 1. The molecule has 0 aromatic rings. The first-order valence-corrected chi connectivity index (χ1v) is 7.12. The lowest BCUT2D eigenvalue weighted by molar-refractivity contribution is -0.138. The van der Waals surface area contributed by atoms with E-state index >= 15 is 0 Å². The Morgan fingerprint density at radius 2 is 1.76 bits per heavy atom. The minimum absolute atomic E-state index is 0.283. The molecule has 1 amide bonds. The molecule has 2 N–H and O–H groups in total. The van der Waals surface area contributed by atoms with E-state index in [0.29, 0.717) is 17.7 Å². The summed E-state index contributed by atoms with van der Waals surface area (Å²) in [5, 5.41) is 0. The molecule has 0 bridgehead atoms.